The van der Waals surface area contributed by atoms with Crippen LogP contribution in [0.1, 0.15) is 91.4 Å². The number of aliphatic hydroxyl groups excluding tert-OH is 1. The van der Waals surface area contributed by atoms with Crippen LogP contribution in [0.5, 0.6) is 0 Å². The van der Waals surface area contributed by atoms with Crippen LogP contribution >= 0.6 is 0 Å². The summed E-state index contributed by atoms with van der Waals surface area (Å²) >= 11 is 0. The van der Waals surface area contributed by atoms with Crippen LogP contribution in [0.15, 0.2) is 12.7 Å². The van der Waals surface area contributed by atoms with Gasteiger partial charge in [-0.05, 0) is 117 Å². The standard InChI is InChI=1S/C28H46O2/c1-6-7-8-9-24(29)18(2)21-10-11-22-20-16-25(30-5)28-17-19(28)12-15-27(28,4)23(20)13-14-26(21,22)3/h6,18-25,29H,1,7-17H2,2-5H3/t18-,19+,20-,21+,22-,23-,24-,25+,26+,27+,28-/m0/s1. The van der Waals surface area contributed by atoms with Crippen LogP contribution in [0.25, 0.3) is 0 Å². The minimum absolute atomic E-state index is 0.149. The van der Waals surface area contributed by atoms with E-state index >= 15 is 0 Å². The van der Waals surface area contributed by atoms with Gasteiger partial charge in [0.2, 0.25) is 0 Å². The highest BCUT2D eigenvalue weighted by Crippen LogP contribution is 2.82. The zero-order valence-electron chi connectivity index (χ0n) is 20.0. The van der Waals surface area contributed by atoms with Crippen LogP contribution in [0, 0.1) is 51.8 Å². The minimum atomic E-state index is -0.149. The van der Waals surface area contributed by atoms with E-state index in [1.165, 1.54) is 51.4 Å². The van der Waals surface area contributed by atoms with Gasteiger partial charge in [-0.15, -0.1) is 6.58 Å². The number of unbranched alkanes of at least 4 members (excludes halogenated alkanes) is 1. The second-order valence-corrected chi connectivity index (χ2v) is 12.6. The van der Waals surface area contributed by atoms with Gasteiger partial charge in [-0.2, -0.15) is 0 Å². The van der Waals surface area contributed by atoms with Gasteiger partial charge in [0.05, 0.1) is 12.2 Å². The normalized spacial score (nSPS) is 53.2. The predicted octanol–water partition coefficient (Wildman–Crippen LogP) is 6.62. The van der Waals surface area contributed by atoms with Gasteiger partial charge in [0.25, 0.3) is 0 Å². The molecule has 5 aliphatic rings. The quantitative estimate of drug-likeness (QED) is 0.374. The maximum absolute atomic E-state index is 11.0. The predicted molar refractivity (Wildman–Crippen MR) is 123 cm³/mol. The third kappa shape index (κ3) is 2.68. The molecule has 5 rings (SSSR count). The zero-order valence-corrected chi connectivity index (χ0v) is 20.0. The van der Waals surface area contributed by atoms with Crippen LogP contribution in [0.2, 0.25) is 0 Å². The second kappa shape index (κ2) is 7.34. The van der Waals surface area contributed by atoms with Crippen LogP contribution in [-0.2, 0) is 4.74 Å². The first-order valence-corrected chi connectivity index (χ1v) is 13.1. The maximum Gasteiger partial charge on any atom is 0.0638 e. The fourth-order valence-corrected chi connectivity index (χ4v) is 10.5. The molecule has 0 amide bonds. The molecule has 0 aromatic carbocycles. The smallest absolute Gasteiger partial charge is 0.0638 e. The molecular formula is C28H46O2. The van der Waals surface area contributed by atoms with Crippen molar-refractivity contribution in [1.29, 1.82) is 0 Å². The van der Waals surface area contributed by atoms with Crippen LogP contribution < -0.4 is 0 Å². The Morgan fingerprint density at radius 1 is 1.13 bits per heavy atom. The van der Waals surface area contributed by atoms with E-state index in [9.17, 15) is 5.11 Å². The molecule has 0 heterocycles. The van der Waals surface area contributed by atoms with Gasteiger partial charge >= 0.3 is 0 Å². The molecule has 0 aliphatic heterocycles. The highest BCUT2D eigenvalue weighted by Gasteiger charge is 2.77. The third-order valence-electron chi connectivity index (χ3n) is 12.1. The molecule has 5 aliphatic carbocycles. The van der Waals surface area contributed by atoms with Gasteiger partial charge in [-0.3, -0.25) is 0 Å². The summed E-state index contributed by atoms with van der Waals surface area (Å²) in [7, 11) is 2.00. The molecule has 0 unspecified atom stereocenters. The summed E-state index contributed by atoms with van der Waals surface area (Å²) in [5.74, 6) is 4.67. The first kappa shape index (κ1) is 21.5. The molecule has 0 aromatic rings. The molecule has 2 nitrogen and oxygen atoms in total. The molecule has 0 saturated heterocycles. The van der Waals surface area contributed by atoms with Gasteiger partial charge in [0.15, 0.2) is 0 Å². The van der Waals surface area contributed by atoms with E-state index in [2.05, 4.69) is 27.4 Å². The van der Waals surface area contributed by atoms with E-state index in [0.29, 0.717) is 34.2 Å². The molecule has 0 bridgehead atoms. The molecule has 30 heavy (non-hydrogen) atoms. The van der Waals surface area contributed by atoms with Crippen molar-refractivity contribution < 1.29 is 9.84 Å². The number of fused-ring (bicyclic) bond motifs is 4. The average molecular weight is 415 g/mol. The molecule has 0 aromatic heterocycles. The summed E-state index contributed by atoms with van der Waals surface area (Å²) in [6.45, 7) is 11.5. The van der Waals surface area contributed by atoms with Crippen molar-refractivity contribution in [3.63, 3.8) is 0 Å². The van der Waals surface area contributed by atoms with Gasteiger partial charge < -0.3 is 9.84 Å². The zero-order chi connectivity index (χ0) is 21.3. The monoisotopic (exact) mass is 414 g/mol. The number of ether oxygens (including phenoxy) is 1. The summed E-state index contributed by atoms with van der Waals surface area (Å²) in [6.07, 6.45) is 16.6. The summed E-state index contributed by atoms with van der Waals surface area (Å²) < 4.78 is 6.26. The molecule has 2 heteroatoms. The number of hydrogen-bond acceptors (Lipinski definition) is 2. The summed E-state index contributed by atoms with van der Waals surface area (Å²) in [6, 6.07) is 0. The lowest BCUT2D eigenvalue weighted by Gasteiger charge is -2.61. The lowest BCUT2D eigenvalue weighted by molar-refractivity contribution is -0.162. The van der Waals surface area contributed by atoms with Crippen LogP contribution in [-0.4, -0.2) is 24.4 Å². The average Bonchev–Trinajstić information content (AvgIpc) is 3.24. The van der Waals surface area contributed by atoms with E-state index < -0.39 is 0 Å². The molecule has 5 fully saturated rings. The van der Waals surface area contributed by atoms with E-state index in [0.717, 1.165) is 42.9 Å². The Labute approximate surface area is 185 Å². The first-order valence-electron chi connectivity index (χ1n) is 13.1. The van der Waals surface area contributed by atoms with Crippen molar-refractivity contribution in [2.45, 2.75) is 104 Å². The molecule has 1 spiro atoms. The summed E-state index contributed by atoms with van der Waals surface area (Å²) in [5, 5.41) is 11.0. The highest BCUT2D eigenvalue weighted by molar-refractivity contribution is 5.26. The number of hydrogen-bond donors (Lipinski definition) is 1. The van der Waals surface area contributed by atoms with E-state index in [4.69, 9.17) is 4.74 Å². The number of methoxy groups -OCH3 is 1. The summed E-state index contributed by atoms with van der Waals surface area (Å²) in [4.78, 5) is 0. The van der Waals surface area contributed by atoms with Gasteiger partial charge in [0.1, 0.15) is 0 Å². The molecule has 0 radical (unpaired) electrons. The Kier molecular flexibility index (Phi) is 5.26. The van der Waals surface area contributed by atoms with E-state index in [1.807, 2.05) is 13.2 Å². The topological polar surface area (TPSA) is 29.5 Å². The summed E-state index contributed by atoms with van der Waals surface area (Å²) in [5.41, 5.74) is 1.47. The number of aliphatic hydroxyl groups is 1. The van der Waals surface area contributed by atoms with Crippen LogP contribution in [0.4, 0.5) is 0 Å². The van der Waals surface area contributed by atoms with Crippen molar-refractivity contribution >= 4 is 0 Å². The molecule has 5 saturated carbocycles. The van der Waals surface area contributed by atoms with E-state index in [-0.39, 0.29) is 6.10 Å². The van der Waals surface area contributed by atoms with Gasteiger partial charge in [-0.25, -0.2) is 0 Å². The molecule has 170 valence electrons. The fourth-order valence-electron chi connectivity index (χ4n) is 10.5. The van der Waals surface area contributed by atoms with Crippen molar-refractivity contribution in [1.82, 2.24) is 0 Å². The third-order valence-corrected chi connectivity index (χ3v) is 12.1. The van der Waals surface area contributed by atoms with Crippen molar-refractivity contribution in [2.75, 3.05) is 7.11 Å². The molecular weight excluding hydrogens is 368 g/mol. The fraction of sp³-hybridized carbons (Fsp3) is 0.929. The lowest BCUT2D eigenvalue weighted by atomic mass is 9.45. The Hall–Kier alpha value is -0.340. The number of allylic oxidation sites excluding steroid dienone is 1. The Morgan fingerprint density at radius 2 is 1.93 bits per heavy atom. The largest absolute Gasteiger partial charge is 0.393 e. The molecule has 11 atom stereocenters. The van der Waals surface area contributed by atoms with Crippen molar-refractivity contribution in [3.05, 3.63) is 12.7 Å². The Bertz CT molecular complexity index is 674. The Balaban J connectivity index is 1.36. The van der Waals surface area contributed by atoms with Crippen molar-refractivity contribution in [2.24, 2.45) is 51.8 Å². The van der Waals surface area contributed by atoms with Crippen LogP contribution in [0.3, 0.4) is 0 Å². The SMILES string of the molecule is C=CCCC[C@H](O)[C@@H](C)[C@H]1CC[C@H]2[C@@H]3C[C@@H](OC)[C@]45C[C@H]4CC[C@]5(C)[C@H]3CC[C@]12C. The highest BCUT2D eigenvalue weighted by atomic mass is 16.5. The maximum atomic E-state index is 11.0. The Morgan fingerprint density at radius 3 is 2.63 bits per heavy atom. The van der Waals surface area contributed by atoms with E-state index in [1.54, 1.807) is 0 Å². The second-order valence-electron chi connectivity index (χ2n) is 12.6. The van der Waals surface area contributed by atoms with Gasteiger partial charge in [0, 0.05) is 12.5 Å². The number of rotatable bonds is 7. The van der Waals surface area contributed by atoms with Gasteiger partial charge in [-0.1, -0.05) is 26.8 Å². The minimum Gasteiger partial charge on any atom is -0.393 e. The lowest BCUT2D eigenvalue weighted by Crippen LogP contribution is -2.57. The van der Waals surface area contributed by atoms with Crippen molar-refractivity contribution in [3.8, 4) is 0 Å². The molecule has 1 N–H and O–H groups in total. The first-order chi connectivity index (χ1) is 14.3.